The molecule has 1 fully saturated rings. The van der Waals surface area contributed by atoms with Crippen LogP contribution in [0.25, 0.3) is 11.1 Å². The van der Waals surface area contributed by atoms with Crippen LogP contribution in [0.2, 0.25) is 0 Å². The number of hydrogen-bond acceptors (Lipinski definition) is 4. The Morgan fingerprint density at radius 1 is 1.11 bits per heavy atom. The third-order valence-electron chi connectivity index (χ3n) is 4.11. The van der Waals surface area contributed by atoms with Crippen molar-refractivity contribution in [2.24, 2.45) is 5.73 Å². The molecule has 1 aliphatic heterocycles. The topological polar surface area (TPSA) is 92.5 Å². The highest BCUT2D eigenvalue weighted by atomic mass is 35.5. The Bertz CT molecular complexity index is 985. The highest BCUT2D eigenvalue weighted by Crippen LogP contribution is 2.35. The lowest BCUT2D eigenvalue weighted by atomic mass is 10.0. The lowest BCUT2D eigenvalue weighted by molar-refractivity contribution is -0.118. The molecule has 1 saturated heterocycles. The van der Waals surface area contributed by atoms with E-state index in [1.54, 1.807) is 12.1 Å². The monoisotopic (exact) mass is 417 g/mol. The van der Waals surface area contributed by atoms with Gasteiger partial charge in [-0.15, -0.1) is 12.4 Å². The summed E-state index contributed by atoms with van der Waals surface area (Å²) in [4.78, 5) is 13.1. The fraction of sp³-hybridized carbons (Fsp3) is 0.235. The number of hydrogen-bond donors (Lipinski definition) is 2. The van der Waals surface area contributed by atoms with Crippen molar-refractivity contribution in [2.75, 3.05) is 22.4 Å². The largest absolute Gasteiger partial charge is 0.320 e. The lowest BCUT2D eigenvalue weighted by Gasteiger charge is -2.19. The molecule has 2 aromatic rings. The van der Waals surface area contributed by atoms with Gasteiger partial charge in [-0.2, -0.15) is 0 Å². The minimum Gasteiger partial charge on any atom is -0.320 e. The van der Waals surface area contributed by atoms with Crippen molar-refractivity contribution in [3.63, 3.8) is 0 Å². The van der Waals surface area contributed by atoms with Gasteiger partial charge in [-0.3, -0.25) is 9.52 Å². The molecule has 0 radical (unpaired) electrons. The van der Waals surface area contributed by atoms with Crippen LogP contribution in [-0.2, 0) is 14.8 Å². The Kier molecular flexibility index (Phi) is 6.08. The van der Waals surface area contributed by atoms with Crippen molar-refractivity contribution < 1.29 is 22.0 Å². The number of carbonyl (C=O) groups excluding carboxylic acids is 1. The Morgan fingerprint density at radius 2 is 1.78 bits per heavy atom. The van der Waals surface area contributed by atoms with Crippen LogP contribution in [0, 0.1) is 11.6 Å². The number of amides is 1. The molecule has 0 aromatic heterocycles. The summed E-state index contributed by atoms with van der Waals surface area (Å²) in [6.45, 7) is 0.210. The molecule has 1 atom stereocenters. The third kappa shape index (κ3) is 4.20. The molecule has 0 bridgehead atoms. The summed E-state index contributed by atoms with van der Waals surface area (Å²) in [6, 6.07) is 7.96. The van der Waals surface area contributed by atoms with Gasteiger partial charge in [-0.1, -0.05) is 18.2 Å². The summed E-state index contributed by atoms with van der Waals surface area (Å²) in [5.74, 6) is -2.81. The van der Waals surface area contributed by atoms with Gasteiger partial charge in [-0.25, -0.2) is 17.2 Å². The van der Waals surface area contributed by atoms with E-state index in [1.807, 2.05) is 0 Å². The second kappa shape index (κ2) is 7.79. The molecule has 6 nitrogen and oxygen atoms in total. The molecule has 1 heterocycles. The smallest absolute Gasteiger partial charge is 0.244 e. The zero-order chi connectivity index (χ0) is 19.1. The van der Waals surface area contributed by atoms with Crippen LogP contribution >= 0.6 is 12.4 Å². The van der Waals surface area contributed by atoms with E-state index in [4.69, 9.17) is 5.73 Å². The van der Waals surface area contributed by atoms with E-state index in [0.717, 1.165) is 11.2 Å². The first-order chi connectivity index (χ1) is 12.2. The number of carbonyl (C=O) groups is 1. The van der Waals surface area contributed by atoms with Crippen LogP contribution in [0.4, 0.5) is 20.2 Å². The van der Waals surface area contributed by atoms with Crippen LogP contribution in [0.15, 0.2) is 36.4 Å². The number of nitrogens with zero attached hydrogens (tertiary/aromatic N) is 1. The Labute approximate surface area is 161 Å². The molecule has 10 heteroatoms. The third-order valence-corrected chi connectivity index (χ3v) is 4.70. The summed E-state index contributed by atoms with van der Waals surface area (Å²) in [7, 11) is -3.60. The van der Waals surface area contributed by atoms with Crippen molar-refractivity contribution in [2.45, 2.75) is 12.5 Å². The van der Waals surface area contributed by atoms with Crippen molar-refractivity contribution in [3.05, 3.63) is 48.0 Å². The Balaban J connectivity index is 0.00000261. The van der Waals surface area contributed by atoms with E-state index in [9.17, 15) is 22.0 Å². The summed E-state index contributed by atoms with van der Waals surface area (Å²) in [5, 5.41) is 0. The fourth-order valence-corrected chi connectivity index (χ4v) is 3.48. The van der Waals surface area contributed by atoms with Crippen molar-refractivity contribution in [1.29, 1.82) is 0 Å². The molecule has 1 unspecified atom stereocenters. The van der Waals surface area contributed by atoms with E-state index >= 15 is 0 Å². The molecule has 2 aromatic carbocycles. The van der Waals surface area contributed by atoms with E-state index in [-0.39, 0.29) is 41.5 Å². The standard InChI is InChI=1S/C17H17F2N3O3S.ClH/c1-26(24,25)21-13-5-3-2-4-10(13)11-6-7-14(16(19)15(11)18)22-9-8-12(20)17(22)23;/h2-7,12,21H,8-9,20H2,1H3;1H. The Hall–Kier alpha value is -2.23. The normalized spacial score (nSPS) is 17.0. The number of rotatable bonds is 4. The van der Waals surface area contributed by atoms with Crippen molar-refractivity contribution in [3.8, 4) is 11.1 Å². The number of nitrogens with one attached hydrogen (secondary N) is 1. The highest BCUT2D eigenvalue weighted by Gasteiger charge is 2.32. The van der Waals surface area contributed by atoms with Gasteiger partial charge in [0, 0.05) is 17.7 Å². The van der Waals surface area contributed by atoms with Crippen LogP contribution in [0.5, 0.6) is 0 Å². The van der Waals surface area contributed by atoms with E-state index in [0.29, 0.717) is 6.42 Å². The van der Waals surface area contributed by atoms with Crippen LogP contribution in [-0.4, -0.2) is 33.2 Å². The number of anilines is 2. The van der Waals surface area contributed by atoms with Gasteiger partial charge < -0.3 is 10.6 Å². The zero-order valence-electron chi connectivity index (χ0n) is 14.3. The number of nitrogens with two attached hydrogens (primary N) is 1. The van der Waals surface area contributed by atoms with Gasteiger partial charge in [0.15, 0.2) is 11.6 Å². The molecule has 0 aliphatic carbocycles. The van der Waals surface area contributed by atoms with Crippen LogP contribution in [0.1, 0.15) is 6.42 Å². The van der Waals surface area contributed by atoms with Gasteiger partial charge in [0.05, 0.1) is 23.7 Å². The quantitative estimate of drug-likeness (QED) is 0.799. The molecule has 0 saturated carbocycles. The maximum absolute atomic E-state index is 14.7. The predicted octanol–water partition coefficient (Wildman–Crippen LogP) is 2.49. The molecule has 146 valence electrons. The first-order valence-electron chi connectivity index (χ1n) is 7.81. The molecule has 3 rings (SSSR count). The summed E-state index contributed by atoms with van der Waals surface area (Å²) in [5.41, 5.74) is 5.63. The van der Waals surface area contributed by atoms with Crippen LogP contribution in [0.3, 0.4) is 0 Å². The van der Waals surface area contributed by atoms with Gasteiger partial charge in [0.1, 0.15) is 0 Å². The second-order valence-electron chi connectivity index (χ2n) is 6.07. The Morgan fingerprint density at radius 3 is 2.37 bits per heavy atom. The number of halogens is 3. The molecule has 3 N–H and O–H groups in total. The van der Waals surface area contributed by atoms with Gasteiger partial charge in [0.2, 0.25) is 15.9 Å². The summed E-state index contributed by atoms with van der Waals surface area (Å²) >= 11 is 0. The maximum Gasteiger partial charge on any atom is 0.244 e. The van der Waals surface area contributed by atoms with Gasteiger partial charge >= 0.3 is 0 Å². The second-order valence-corrected chi connectivity index (χ2v) is 7.81. The molecule has 1 aliphatic rings. The average Bonchev–Trinajstić information content (AvgIpc) is 2.89. The highest BCUT2D eigenvalue weighted by molar-refractivity contribution is 7.92. The average molecular weight is 418 g/mol. The molecular weight excluding hydrogens is 400 g/mol. The van der Waals surface area contributed by atoms with E-state index in [2.05, 4.69) is 4.72 Å². The van der Waals surface area contributed by atoms with Crippen molar-refractivity contribution >= 4 is 39.7 Å². The summed E-state index contributed by atoms with van der Waals surface area (Å²) < 4.78 is 54.6. The van der Waals surface area contributed by atoms with E-state index in [1.165, 1.54) is 24.3 Å². The number of para-hydroxylation sites is 1. The number of sulfonamides is 1. The SMILES string of the molecule is CS(=O)(=O)Nc1ccccc1-c1ccc(N2CCC(N)C2=O)c(F)c1F.Cl. The van der Waals surface area contributed by atoms with E-state index < -0.39 is 33.6 Å². The minimum atomic E-state index is -3.60. The summed E-state index contributed by atoms with van der Waals surface area (Å²) in [6.07, 6.45) is 1.33. The minimum absolute atomic E-state index is 0. The lowest BCUT2D eigenvalue weighted by Crippen LogP contribution is -2.34. The fourth-order valence-electron chi connectivity index (χ4n) is 2.90. The number of benzene rings is 2. The predicted molar refractivity (Wildman–Crippen MR) is 102 cm³/mol. The zero-order valence-corrected chi connectivity index (χ0v) is 15.9. The molecule has 27 heavy (non-hydrogen) atoms. The first kappa shape index (κ1) is 21.1. The van der Waals surface area contributed by atoms with Crippen LogP contribution < -0.4 is 15.4 Å². The van der Waals surface area contributed by atoms with Gasteiger partial charge in [0.25, 0.3) is 0 Å². The molecule has 0 spiro atoms. The maximum atomic E-state index is 14.7. The van der Waals surface area contributed by atoms with Crippen molar-refractivity contribution in [1.82, 2.24) is 0 Å². The molecule has 1 amide bonds. The van der Waals surface area contributed by atoms with Gasteiger partial charge in [-0.05, 0) is 24.6 Å². The molecular formula is C17H18ClF2N3O3S. The first-order valence-corrected chi connectivity index (χ1v) is 9.70.